The van der Waals surface area contributed by atoms with E-state index in [1.54, 1.807) is 0 Å². The molecule has 0 atom stereocenters. The van der Waals surface area contributed by atoms with Gasteiger partial charge in [0.2, 0.25) is 0 Å². The van der Waals surface area contributed by atoms with E-state index >= 15 is 0 Å². The van der Waals surface area contributed by atoms with Gasteiger partial charge in [-0.25, -0.2) is 0 Å². The van der Waals surface area contributed by atoms with Crippen LogP contribution in [0.4, 0.5) is 0 Å². The number of hydrogen-bond donors (Lipinski definition) is 1. The van der Waals surface area contributed by atoms with E-state index in [0.29, 0.717) is 0 Å². The molecule has 0 aromatic heterocycles. The Hall–Kier alpha value is -0.0400. The molecule has 164 valence electrons. The van der Waals surface area contributed by atoms with E-state index in [4.69, 9.17) is 0 Å². The van der Waals surface area contributed by atoms with Crippen molar-refractivity contribution in [3.05, 3.63) is 0 Å². The van der Waals surface area contributed by atoms with Crippen LogP contribution in [0, 0.1) is 0 Å². The minimum Gasteiger partial charge on any atom is -0.390 e. The van der Waals surface area contributed by atoms with Gasteiger partial charge in [0.25, 0.3) is 0 Å². The van der Waals surface area contributed by atoms with E-state index in [2.05, 4.69) is 20.8 Å². The van der Waals surface area contributed by atoms with E-state index in [1.807, 2.05) is 0 Å². The molecule has 0 bridgehead atoms. The topological polar surface area (TPSA) is 20.2 Å². The van der Waals surface area contributed by atoms with E-state index in [-0.39, 0.29) is 5.60 Å². The summed E-state index contributed by atoms with van der Waals surface area (Å²) >= 11 is 0. The highest BCUT2D eigenvalue weighted by atomic mass is 16.3. The van der Waals surface area contributed by atoms with Gasteiger partial charge in [-0.1, -0.05) is 143 Å². The van der Waals surface area contributed by atoms with Crippen molar-refractivity contribution in [2.24, 2.45) is 0 Å². The van der Waals surface area contributed by atoms with Crippen LogP contribution < -0.4 is 0 Å². The average Bonchev–Trinajstić information content (AvgIpc) is 2.69. The summed E-state index contributed by atoms with van der Waals surface area (Å²) in [6.07, 6.45) is 29.8. The van der Waals surface area contributed by atoms with Crippen LogP contribution in [-0.2, 0) is 0 Å². The molecule has 0 heterocycles. The Kier molecular flexibility index (Phi) is 20.7. The molecule has 1 N–H and O–H groups in total. The summed E-state index contributed by atoms with van der Waals surface area (Å²) in [7, 11) is 0. The zero-order valence-corrected chi connectivity index (χ0v) is 19.5. The van der Waals surface area contributed by atoms with Gasteiger partial charge in [-0.3, -0.25) is 0 Å². The molecule has 0 aliphatic heterocycles. The smallest absolute Gasteiger partial charge is 0.0642 e. The summed E-state index contributed by atoms with van der Waals surface area (Å²) in [6.45, 7) is 6.52. The maximum Gasteiger partial charge on any atom is 0.0642 e. The molecule has 0 rings (SSSR count). The highest BCUT2D eigenvalue weighted by molar-refractivity contribution is 4.74. The molecule has 0 aromatic carbocycles. The molecule has 0 aliphatic rings. The predicted molar refractivity (Wildman–Crippen MR) is 124 cm³/mol. The number of rotatable bonds is 22. The molecular formula is C26H54O. The summed E-state index contributed by atoms with van der Waals surface area (Å²) in [5.41, 5.74) is -0.380. The summed E-state index contributed by atoms with van der Waals surface area (Å²) < 4.78 is 0. The standard InChI is InChI=1S/C26H54O/c1-4-7-8-9-10-11-12-13-14-15-16-17-18-19-20-21-22-23-24-25-26(27,5-2)6-3/h27H,4-25H2,1-3H3. The Morgan fingerprint density at radius 1 is 0.407 bits per heavy atom. The SMILES string of the molecule is CCCCCCCCCCCCCCCCCCCCCC(O)(CC)CC. The molecular weight excluding hydrogens is 328 g/mol. The first kappa shape index (κ1) is 27.0. The van der Waals surface area contributed by atoms with Gasteiger partial charge in [0, 0.05) is 0 Å². The molecule has 0 aliphatic carbocycles. The van der Waals surface area contributed by atoms with Gasteiger partial charge in [0.1, 0.15) is 0 Å². The van der Waals surface area contributed by atoms with Crippen LogP contribution in [0.2, 0.25) is 0 Å². The summed E-state index contributed by atoms with van der Waals surface area (Å²) in [4.78, 5) is 0. The highest BCUT2D eigenvalue weighted by Crippen LogP contribution is 2.23. The molecule has 27 heavy (non-hydrogen) atoms. The van der Waals surface area contributed by atoms with Crippen LogP contribution in [0.3, 0.4) is 0 Å². The molecule has 1 heteroatoms. The van der Waals surface area contributed by atoms with Crippen LogP contribution in [0.25, 0.3) is 0 Å². The molecule has 0 radical (unpaired) electrons. The van der Waals surface area contributed by atoms with Crippen molar-refractivity contribution in [3.63, 3.8) is 0 Å². The van der Waals surface area contributed by atoms with Gasteiger partial charge >= 0.3 is 0 Å². The van der Waals surface area contributed by atoms with Crippen LogP contribution in [0.5, 0.6) is 0 Å². The Labute approximate surface area is 173 Å². The van der Waals surface area contributed by atoms with Crippen LogP contribution in [-0.4, -0.2) is 10.7 Å². The third-order valence-corrected chi connectivity index (χ3v) is 6.56. The number of hydrogen-bond acceptors (Lipinski definition) is 1. The van der Waals surface area contributed by atoms with Crippen molar-refractivity contribution in [1.29, 1.82) is 0 Å². The normalized spacial score (nSPS) is 12.0. The first-order chi connectivity index (χ1) is 13.2. The monoisotopic (exact) mass is 382 g/mol. The van der Waals surface area contributed by atoms with Crippen molar-refractivity contribution in [1.82, 2.24) is 0 Å². The fourth-order valence-electron chi connectivity index (χ4n) is 4.14. The lowest BCUT2D eigenvalue weighted by Gasteiger charge is -2.24. The quantitative estimate of drug-likeness (QED) is 0.185. The third kappa shape index (κ3) is 19.1. The van der Waals surface area contributed by atoms with Crippen molar-refractivity contribution < 1.29 is 5.11 Å². The molecule has 0 spiro atoms. The second-order valence-corrected chi connectivity index (χ2v) is 9.05. The maximum atomic E-state index is 10.3. The van der Waals surface area contributed by atoms with Gasteiger partial charge in [-0.05, 0) is 19.3 Å². The van der Waals surface area contributed by atoms with Crippen LogP contribution in [0.1, 0.15) is 162 Å². The summed E-state index contributed by atoms with van der Waals surface area (Å²) in [6, 6.07) is 0. The fourth-order valence-corrected chi connectivity index (χ4v) is 4.14. The van der Waals surface area contributed by atoms with E-state index < -0.39 is 0 Å². The Balaban J connectivity index is 3.11. The molecule has 0 saturated heterocycles. The van der Waals surface area contributed by atoms with E-state index in [0.717, 1.165) is 19.3 Å². The van der Waals surface area contributed by atoms with Crippen LogP contribution >= 0.6 is 0 Å². The minimum atomic E-state index is -0.380. The first-order valence-corrected chi connectivity index (χ1v) is 12.9. The van der Waals surface area contributed by atoms with Gasteiger partial charge < -0.3 is 5.11 Å². The summed E-state index contributed by atoms with van der Waals surface area (Å²) in [5.74, 6) is 0. The van der Waals surface area contributed by atoms with E-state index in [1.165, 1.54) is 122 Å². The van der Waals surface area contributed by atoms with Gasteiger partial charge in [0.15, 0.2) is 0 Å². The molecule has 1 nitrogen and oxygen atoms in total. The Morgan fingerprint density at radius 3 is 0.926 bits per heavy atom. The van der Waals surface area contributed by atoms with Gasteiger partial charge in [0.05, 0.1) is 5.60 Å². The van der Waals surface area contributed by atoms with Gasteiger partial charge in [-0.15, -0.1) is 0 Å². The fraction of sp³-hybridized carbons (Fsp3) is 1.00. The first-order valence-electron chi connectivity index (χ1n) is 12.9. The van der Waals surface area contributed by atoms with Crippen molar-refractivity contribution in [2.45, 2.75) is 168 Å². The third-order valence-electron chi connectivity index (χ3n) is 6.56. The molecule has 0 unspecified atom stereocenters. The van der Waals surface area contributed by atoms with Crippen molar-refractivity contribution >= 4 is 0 Å². The Morgan fingerprint density at radius 2 is 0.667 bits per heavy atom. The number of unbranched alkanes of at least 4 members (excludes halogenated alkanes) is 18. The lowest BCUT2D eigenvalue weighted by Crippen LogP contribution is -2.26. The number of aliphatic hydroxyl groups is 1. The lowest BCUT2D eigenvalue weighted by molar-refractivity contribution is 0.0211. The maximum absolute atomic E-state index is 10.3. The highest BCUT2D eigenvalue weighted by Gasteiger charge is 2.20. The van der Waals surface area contributed by atoms with E-state index in [9.17, 15) is 5.11 Å². The second-order valence-electron chi connectivity index (χ2n) is 9.05. The molecule has 0 amide bonds. The second kappa shape index (κ2) is 20.7. The molecule has 0 aromatic rings. The van der Waals surface area contributed by atoms with Crippen molar-refractivity contribution in [2.75, 3.05) is 0 Å². The molecule has 0 saturated carbocycles. The predicted octanol–water partition coefficient (Wildman–Crippen LogP) is 9.36. The zero-order valence-electron chi connectivity index (χ0n) is 19.5. The minimum absolute atomic E-state index is 0.380. The Bertz CT molecular complexity index is 269. The summed E-state index contributed by atoms with van der Waals surface area (Å²) in [5, 5.41) is 10.3. The lowest BCUT2D eigenvalue weighted by atomic mass is 9.90. The molecule has 0 fully saturated rings. The van der Waals surface area contributed by atoms with Gasteiger partial charge in [-0.2, -0.15) is 0 Å². The average molecular weight is 383 g/mol. The zero-order chi connectivity index (χ0) is 20.1. The van der Waals surface area contributed by atoms with Crippen molar-refractivity contribution in [3.8, 4) is 0 Å². The largest absolute Gasteiger partial charge is 0.390 e. The van der Waals surface area contributed by atoms with Crippen LogP contribution in [0.15, 0.2) is 0 Å².